The quantitative estimate of drug-likeness (QED) is 0.333. The van der Waals surface area contributed by atoms with E-state index in [2.05, 4.69) is 35.8 Å². The summed E-state index contributed by atoms with van der Waals surface area (Å²) >= 11 is 0. The summed E-state index contributed by atoms with van der Waals surface area (Å²) in [7, 11) is 0. The number of hydrogen-bond donors (Lipinski definition) is 0. The summed E-state index contributed by atoms with van der Waals surface area (Å²) in [6.07, 6.45) is 23.0. The molecule has 0 nitrogen and oxygen atoms in total. The van der Waals surface area contributed by atoms with Crippen LogP contribution in [-0.2, 0) is 16.5 Å². The molecule has 0 radical (unpaired) electrons. The Balaban J connectivity index is 0.000000284. The van der Waals surface area contributed by atoms with Crippen molar-refractivity contribution in [3.63, 3.8) is 0 Å². The van der Waals surface area contributed by atoms with Crippen LogP contribution in [0.3, 0.4) is 0 Å². The van der Waals surface area contributed by atoms with Gasteiger partial charge in [-0.25, -0.2) is 12.2 Å². The van der Waals surface area contributed by atoms with Crippen molar-refractivity contribution >= 4 is 0 Å². The van der Waals surface area contributed by atoms with E-state index in [1.807, 2.05) is 0 Å². The third kappa shape index (κ3) is 11.8. The van der Waals surface area contributed by atoms with Gasteiger partial charge in [0.2, 0.25) is 0 Å². The molecule has 0 unspecified atom stereocenters. The van der Waals surface area contributed by atoms with E-state index >= 15 is 0 Å². The van der Waals surface area contributed by atoms with E-state index in [1.165, 1.54) is 51.4 Å². The van der Waals surface area contributed by atoms with Crippen molar-refractivity contribution in [1.82, 2.24) is 0 Å². The zero-order valence-corrected chi connectivity index (χ0v) is 11.5. The van der Waals surface area contributed by atoms with E-state index in [9.17, 15) is 0 Å². The first kappa shape index (κ1) is 16.5. The van der Waals surface area contributed by atoms with E-state index in [1.54, 1.807) is 0 Å². The molecule has 1 heteroatoms. The third-order valence-corrected chi connectivity index (χ3v) is 2.71. The fraction of sp³-hybridized carbons (Fsp3) is 0.625. The van der Waals surface area contributed by atoms with Gasteiger partial charge in [0.25, 0.3) is 0 Å². The van der Waals surface area contributed by atoms with E-state index < -0.39 is 0 Å². The standard InChI is InChI=1S/2C8H11.Ni/c2*1-2-4-6-8-7-5-3-1;/h2*1H,2,4,6-8H2;/q2*-1;+2. The SMILES string of the molecule is C1=[C-]CCCCCC=1.C1=[C-]CCCCCC=1.[Ni+2]. The first-order chi connectivity index (χ1) is 8.00. The predicted molar refractivity (Wildman–Crippen MR) is 68.8 cm³/mol. The summed E-state index contributed by atoms with van der Waals surface area (Å²) < 4.78 is 0. The maximum Gasteiger partial charge on any atom is 2.00 e. The van der Waals surface area contributed by atoms with E-state index in [0.717, 1.165) is 12.8 Å². The Morgan fingerprint density at radius 1 is 0.647 bits per heavy atom. The smallest absolute Gasteiger partial charge is 0.335 e. The molecule has 0 aliphatic heterocycles. The summed E-state index contributed by atoms with van der Waals surface area (Å²) in [6, 6.07) is 0. The molecule has 0 heterocycles. The van der Waals surface area contributed by atoms with Gasteiger partial charge in [-0.1, -0.05) is 51.4 Å². The molecule has 0 spiro atoms. The Morgan fingerprint density at radius 2 is 1.12 bits per heavy atom. The second-order valence-corrected chi connectivity index (χ2v) is 4.25. The van der Waals surface area contributed by atoms with Crippen molar-refractivity contribution in [2.24, 2.45) is 0 Å². The topological polar surface area (TPSA) is 0 Å². The van der Waals surface area contributed by atoms with Crippen LogP contribution in [0.4, 0.5) is 0 Å². The predicted octanol–water partition coefficient (Wildman–Crippen LogP) is 4.93. The first-order valence-corrected chi connectivity index (χ1v) is 6.60. The van der Waals surface area contributed by atoms with Crippen LogP contribution in [0.25, 0.3) is 0 Å². The Morgan fingerprint density at radius 3 is 1.59 bits per heavy atom. The summed E-state index contributed by atoms with van der Waals surface area (Å²) in [5.41, 5.74) is 6.02. The van der Waals surface area contributed by atoms with E-state index in [-0.39, 0.29) is 16.5 Å². The van der Waals surface area contributed by atoms with Crippen LogP contribution in [0.1, 0.15) is 64.2 Å². The average molecular weight is 273 g/mol. The van der Waals surface area contributed by atoms with Crippen molar-refractivity contribution in [3.05, 3.63) is 35.8 Å². The maximum atomic E-state index is 3.08. The number of rotatable bonds is 0. The van der Waals surface area contributed by atoms with Gasteiger partial charge in [0.15, 0.2) is 0 Å². The molecule has 0 bridgehead atoms. The maximum absolute atomic E-state index is 3.08. The van der Waals surface area contributed by atoms with Crippen LogP contribution in [-0.4, -0.2) is 0 Å². The van der Waals surface area contributed by atoms with Gasteiger partial charge in [0.05, 0.1) is 0 Å². The number of allylic oxidation sites excluding steroid dienone is 2. The molecule has 2 rings (SSSR count). The van der Waals surface area contributed by atoms with Crippen LogP contribution in [0, 0.1) is 12.2 Å². The molecule has 0 aromatic rings. The van der Waals surface area contributed by atoms with Crippen LogP contribution in [0.15, 0.2) is 23.6 Å². The third-order valence-electron chi connectivity index (χ3n) is 2.71. The molecule has 0 aromatic heterocycles. The molecule has 0 saturated carbocycles. The molecule has 0 N–H and O–H groups in total. The summed E-state index contributed by atoms with van der Waals surface area (Å²) in [4.78, 5) is 0. The molecule has 0 fully saturated rings. The Labute approximate surface area is 116 Å². The summed E-state index contributed by atoms with van der Waals surface area (Å²) in [6.45, 7) is 0. The van der Waals surface area contributed by atoms with Gasteiger partial charge < -0.3 is 11.5 Å². The van der Waals surface area contributed by atoms with Crippen molar-refractivity contribution < 1.29 is 16.5 Å². The van der Waals surface area contributed by atoms with Crippen molar-refractivity contribution in [2.75, 3.05) is 0 Å². The van der Waals surface area contributed by atoms with Crippen LogP contribution < -0.4 is 0 Å². The molecule has 2 aliphatic rings. The minimum atomic E-state index is 0. The molecular weight excluding hydrogens is 251 g/mol. The minimum absolute atomic E-state index is 0. The largest absolute Gasteiger partial charge is 2.00 e. The van der Waals surface area contributed by atoms with Gasteiger partial charge in [-0.3, -0.25) is 0 Å². The van der Waals surface area contributed by atoms with E-state index in [4.69, 9.17) is 0 Å². The van der Waals surface area contributed by atoms with Crippen LogP contribution >= 0.6 is 0 Å². The van der Waals surface area contributed by atoms with Crippen LogP contribution in [0.5, 0.6) is 0 Å². The molecule has 0 aromatic carbocycles. The fourth-order valence-corrected chi connectivity index (χ4v) is 1.71. The summed E-state index contributed by atoms with van der Waals surface area (Å²) in [5.74, 6) is 0. The van der Waals surface area contributed by atoms with Gasteiger partial charge >= 0.3 is 16.5 Å². The van der Waals surface area contributed by atoms with Gasteiger partial charge in [-0.05, 0) is 0 Å². The molecular formula is C16H22Ni. The second kappa shape index (κ2) is 13.6. The fourth-order valence-electron chi connectivity index (χ4n) is 1.71. The summed E-state index contributed by atoms with van der Waals surface area (Å²) in [5, 5.41) is 0. The molecule has 0 amide bonds. The van der Waals surface area contributed by atoms with Gasteiger partial charge in [0, 0.05) is 0 Å². The second-order valence-electron chi connectivity index (χ2n) is 4.25. The minimum Gasteiger partial charge on any atom is -0.335 e. The molecule has 0 saturated heterocycles. The zero-order chi connectivity index (χ0) is 11.3. The Hall–Kier alpha value is -0.466. The van der Waals surface area contributed by atoms with Gasteiger partial charge in [0.1, 0.15) is 0 Å². The molecule has 17 heavy (non-hydrogen) atoms. The van der Waals surface area contributed by atoms with Gasteiger partial charge in [-0.15, -0.1) is 12.8 Å². The molecule has 96 valence electrons. The average Bonchev–Trinajstić information content (AvgIpc) is 2.15. The Kier molecular flexibility index (Phi) is 13.2. The van der Waals surface area contributed by atoms with Gasteiger partial charge in [-0.2, -0.15) is 12.2 Å². The first-order valence-electron chi connectivity index (χ1n) is 6.60. The monoisotopic (exact) mass is 272 g/mol. The normalized spacial score (nSPS) is 18.8. The van der Waals surface area contributed by atoms with Crippen molar-refractivity contribution in [2.45, 2.75) is 64.2 Å². The zero-order valence-electron chi connectivity index (χ0n) is 10.5. The van der Waals surface area contributed by atoms with Crippen LogP contribution in [0.2, 0.25) is 0 Å². The number of hydrogen-bond acceptors (Lipinski definition) is 0. The van der Waals surface area contributed by atoms with Crippen molar-refractivity contribution in [3.8, 4) is 0 Å². The molecule has 0 atom stereocenters. The Bertz CT molecular complexity index is 226. The van der Waals surface area contributed by atoms with Crippen molar-refractivity contribution in [1.29, 1.82) is 0 Å². The molecule has 2 aliphatic carbocycles. The van der Waals surface area contributed by atoms with E-state index in [0.29, 0.717) is 0 Å².